The molecule has 7 heteroatoms. The summed E-state index contributed by atoms with van der Waals surface area (Å²) in [5, 5.41) is 7.78. The number of ether oxygens (including phenoxy) is 1. The third-order valence-electron chi connectivity index (χ3n) is 3.82. The van der Waals surface area contributed by atoms with Gasteiger partial charge in [-0.05, 0) is 76.3 Å². The SMILES string of the molecule is COc1cc2ccccc2cc1C(=O)NC(=S)Nc1ncc(I)cc1C. The van der Waals surface area contributed by atoms with E-state index in [1.807, 2.05) is 43.3 Å². The van der Waals surface area contributed by atoms with Gasteiger partial charge < -0.3 is 10.1 Å². The van der Waals surface area contributed by atoms with E-state index in [4.69, 9.17) is 17.0 Å². The number of amides is 1. The molecule has 0 saturated carbocycles. The van der Waals surface area contributed by atoms with E-state index in [1.54, 1.807) is 12.3 Å². The lowest BCUT2D eigenvalue weighted by molar-refractivity contribution is 0.0975. The van der Waals surface area contributed by atoms with Gasteiger partial charge in [-0.15, -0.1) is 0 Å². The molecule has 1 aromatic heterocycles. The minimum absolute atomic E-state index is 0.182. The van der Waals surface area contributed by atoms with Crippen molar-refractivity contribution in [2.45, 2.75) is 6.92 Å². The Balaban J connectivity index is 1.80. The van der Waals surface area contributed by atoms with E-state index in [0.717, 1.165) is 19.9 Å². The standard InChI is InChI=1S/C19H16IN3O2S/c1-11-7-14(20)10-21-17(11)22-19(26)23-18(24)15-8-12-5-3-4-6-13(12)9-16(15)25-2/h3-10H,1-2H3,(H2,21,22,23,24,26). The maximum Gasteiger partial charge on any atom is 0.261 e. The Morgan fingerprint density at radius 2 is 1.88 bits per heavy atom. The third kappa shape index (κ3) is 4.10. The number of carbonyl (C=O) groups is 1. The molecule has 1 heterocycles. The van der Waals surface area contributed by atoms with Crippen LogP contribution in [0.5, 0.6) is 5.75 Å². The largest absolute Gasteiger partial charge is 0.496 e. The van der Waals surface area contributed by atoms with Gasteiger partial charge in [0.05, 0.1) is 12.7 Å². The van der Waals surface area contributed by atoms with Crippen molar-refractivity contribution in [3.8, 4) is 5.75 Å². The number of benzene rings is 2. The molecule has 0 saturated heterocycles. The third-order valence-corrected chi connectivity index (χ3v) is 4.61. The van der Waals surface area contributed by atoms with Crippen LogP contribution in [0.4, 0.5) is 5.82 Å². The van der Waals surface area contributed by atoms with E-state index in [-0.39, 0.29) is 11.0 Å². The Bertz CT molecular complexity index is 1010. The fraction of sp³-hybridized carbons (Fsp3) is 0.105. The number of nitrogens with one attached hydrogen (secondary N) is 2. The number of hydrogen-bond donors (Lipinski definition) is 2. The summed E-state index contributed by atoms with van der Waals surface area (Å²) in [6, 6.07) is 13.4. The van der Waals surface area contributed by atoms with Gasteiger partial charge in [-0.25, -0.2) is 4.98 Å². The number of methoxy groups -OCH3 is 1. The Labute approximate surface area is 170 Å². The number of halogens is 1. The van der Waals surface area contributed by atoms with Gasteiger partial charge in [0.15, 0.2) is 5.11 Å². The van der Waals surface area contributed by atoms with Crippen molar-refractivity contribution in [3.05, 3.63) is 63.4 Å². The Kier molecular flexibility index (Phi) is 5.67. The highest BCUT2D eigenvalue weighted by atomic mass is 127. The van der Waals surface area contributed by atoms with Crippen LogP contribution in [0.2, 0.25) is 0 Å². The van der Waals surface area contributed by atoms with Crippen molar-refractivity contribution in [3.63, 3.8) is 0 Å². The summed E-state index contributed by atoms with van der Waals surface area (Å²) < 4.78 is 6.40. The Morgan fingerprint density at radius 3 is 2.54 bits per heavy atom. The van der Waals surface area contributed by atoms with E-state index < -0.39 is 0 Å². The molecule has 5 nitrogen and oxygen atoms in total. The van der Waals surface area contributed by atoms with Crippen LogP contribution >= 0.6 is 34.8 Å². The first-order valence-electron chi connectivity index (χ1n) is 7.79. The second kappa shape index (κ2) is 7.96. The molecule has 0 unspecified atom stereocenters. The average molecular weight is 477 g/mol. The molecule has 132 valence electrons. The van der Waals surface area contributed by atoms with Crippen molar-refractivity contribution in [1.82, 2.24) is 10.3 Å². The molecule has 0 aliphatic heterocycles. The maximum absolute atomic E-state index is 12.7. The number of thiocarbonyl (C=S) groups is 1. The van der Waals surface area contributed by atoms with E-state index in [2.05, 4.69) is 38.2 Å². The summed E-state index contributed by atoms with van der Waals surface area (Å²) in [6.07, 6.45) is 1.73. The molecule has 1 amide bonds. The second-order valence-electron chi connectivity index (χ2n) is 5.63. The van der Waals surface area contributed by atoms with Crippen molar-refractivity contribution >= 4 is 62.4 Å². The molecule has 0 aliphatic rings. The number of pyridine rings is 1. The molecule has 2 N–H and O–H groups in total. The second-order valence-corrected chi connectivity index (χ2v) is 7.28. The summed E-state index contributed by atoms with van der Waals surface area (Å²) in [5.41, 5.74) is 1.36. The van der Waals surface area contributed by atoms with Crippen molar-refractivity contribution in [1.29, 1.82) is 0 Å². The van der Waals surface area contributed by atoms with Crippen LogP contribution in [0.3, 0.4) is 0 Å². The molecule has 26 heavy (non-hydrogen) atoms. The van der Waals surface area contributed by atoms with Gasteiger partial charge in [0.2, 0.25) is 0 Å². The van der Waals surface area contributed by atoms with E-state index in [1.165, 1.54) is 7.11 Å². The molecular weight excluding hydrogens is 461 g/mol. The fourth-order valence-corrected chi connectivity index (χ4v) is 3.34. The average Bonchev–Trinajstić information content (AvgIpc) is 2.62. The highest BCUT2D eigenvalue weighted by Gasteiger charge is 2.15. The first-order chi connectivity index (χ1) is 12.5. The Morgan fingerprint density at radius 1 is 1.19 bits per heavy atom. The molecule has 0 aliphatic carbocycles. The zero-order chi connectivity index (χ0) is 18.7. The van der Waals surface area contributed by atoms with Gasteiger partial charge in [0.25, 0.3) is 5.91 Å². The summed E-state index contributed by atoms with van der Waals surface area (Å²) in [6.45, 7) is 1.92. The first kappa shape index (κ1) is 18.5. The minimum atomic E-state index is -0.340. The monoisotopic (exact) mass is 477 g/mol. The minimum Gasteiger partial charge on any atom is -0.496 e. The number of anilines is 1. The van der Waals surface area contributed by atoms with Crippen LogP contribution in [0.1, 0.15) is 15.9 Å². The molecular formula is C19H16IN3O2S. The van der Waals surface area contributed by atoms with Gasteiger partial charge in [0, 0.05) is 9.77 Å². The maximum atomic E-state index is 12.7. The molecule has 0 fully saturated rings. The van der Waals surface area contributed by atoms with Gasteiger partial charge in [-0.1, -0.05) is 24.3 Å². The molecule has 0 radical (unpaired) electrons. The molecule has 3 aromatic rings. The summed E-state index contributed by atoms with van der Waals surface area (Å²) in [5.74, 6) is 0.766. The van der Waals surface area contributed by atoms with Crippen LogP contribution < -0.4 is 15.4 Å². The van der Waals surface area contributed by atoms with Crippen molar-refractivity contribution in [2.75, 3.05) is 12.4 Å². The number of aromatic nitrogens is 1. The van der Waals surface area contributed by atoms with E-state index in [0.29, 0.717) is 17.1 Å². The summed E-state index contributed by atoms with van der Waals surface area (Å²) >= 11 is 7.45. The van der Waals surface area contributed by atoms with Crippen molar-refractivity contribution < 1.29 is 9.53 Å². The molecule has 0 atom stereocenters. The lowest BCUT2D eigenvalue weighted by Crippen LogP contribution is -2.34. The van der Waals surface area contributed by atoms with Crippen LogP contribution in [0, 0.1) is 10.5 Å². The van der Waals surface area contributed by atoms with Gasteiger partial charge in [-0.2, -0.15) is 0 Å². The Hall–Kier alpha value is -2.26. The topological polar surface area (TPSA) is 63.2 Å². The van der Waals surface area contributed by atoms with Gasteiger partial charge in [0.1, 0.15) is 11.6 Å². The van der Waals surface area contributed by atoms with Crippen molar-refractivity contribution in [2.24, 2.45) is 0 Å². The molecule has 3 rings (SSSR count). The fourth-order valence-electron chi connectivity index (χ4n) is 2.55. The summed E-state index contributed by atoms with van der Waals surface area (Å²) in [4.78, 5) is 17.0. The van der Waals surface area contributed by atoms with Crippen LogP contribution in [0.25, 0.3) is 10.8 Å². The quantitative estimate of drug-likeness (QED) is 0.436. The number of carbonyl (C=O) groups excluding carboxylic acids is 1. The van der Waals surface area contributed by atoms with E-state index in [9.17, 15) is 4.79 Å². The number of aryl methyl sites for hydroxylation is 1. The molecule has 0 bridgehead atoms. The number of hydrogen-bond acceptors (Lipinski definition) is 4. The normalized spacial score (nSPS) is 10.4. The van der Waals surface area contributed by atoms with Gasteiger partial charge in [-0.3, -0.25) is 10.1 Å². The zero-order valence-electron chi connectivity index (χ0n) is 14.2. The van der Waals surface area contributed by atoms with Crippen LogP contribution in [-0.4, -0.2) is 23.1 Å². The highest BCUT2D eigenvalue weighted by Crippen LogP contribution is 2.26. The first-order valence-corrected chi connectivity index (χ1v) is 9.28. The number of rotatable bonds is 3. The lowest BCUT2D eigenvalue weighted by atomic mass is 10.1. The number of fused-ring (bicyclic) bond motifs is 1. The summed E-state index contributed by atoms with van der Waals surface area (Å²) in [7, 11) is 1.54. The van der Waals surface area contributed by atoms with E-state index >= 15 is 0 Å². The molecule has 0 spiro atoms. The lowest BCUT2D eigenvalue weighted by Gasteiger charge is -2.13. The molecule has 2 aromatic carbocycles. The number of nitrogens with zero attached hydrogens (tertiary/aromatic N) is 1. The highest BCUT2D eigenvalue weighted by molar-refractivity contribution is 14.1. The van der Waals surface area contributed by atoms with Crippen LogP contribution in [0.15, 0.2) is 48.7 Å². The predicted molar refractivity (Wildman–Crippen MR) is 116 cm³/mol. The van der Waals surface area contributed by atoms with Gasteiger partial charge >= 0.3 is 0 Å². The van der Waals surface area contributed by atoms with Crippen LogP contribution in [-0.2, 0) is 0 Å². The predicted octanol–water partition coefficient (Wildman–Crippen LogP) is 4.28. The smallest absolute Gasteiger partial charge is 0.261 e. The zero-order valence-corrected chi connectivity index (χ0v) is 17.1.